The monoisotopic (exact) mass is 445 g/mol. The third kappa shape index (κ3) is 4.86. The maximum atomic E-state index is 12.9. The van der Waals surface area contributed by atoms with Crippen LogP contribution in [0, 0.1) is 6.92 Å². The number of aryl methyl sites for hydroxylation is 1. The summed E-state index contributed by atoms with van der Waals surface area (Å²) >= 11 is 0. The summed E-state index contributed by atoms with van der Waals surface area (Å²) in [6.45, 7) is 7.22. The first-order valence-electron chi connectivity index (χ1n) is 11.0. The zero-order chi connectivity index (χ0) is 22.8. The number of nitrogens with one attached hydrogen (secondary N) is 4. The largest absolute Gasteiger partial charge is 0.356 e. The van der Waals surface area contributed by atoms with Crippen molar-refractivity contribution < 1.29 is 4.79 Å². The molecule has 1 aliphatic heterocycles. The van der Waals surface area contributed by atoms with Crippen molar-refractivity contribution in [1.82, 2.24) is 34.9 Å². The van der Waals surface area contributed by atoms with Gasteiger partial charge in [0.25, 0.3) is 5.91 Å². The number of anilines is 3. The molecule has 33 heavy (non-hydrogen) atoms. The van der Waals surface area contributed by atoms with E-state index in [0.29, 0.717) is 17.3 Å². The quantitative estimate of drug-likeness (QED) is 0.360. The van der Waals surface area contributed by atoms with Gasteiger partial charge in [-0.15, -0.1) is 0 Å². The van der Waals surface area contributed by atoms with Crippen LogP contribution in [0.1, 0.15) is 21.7 Å². The van der Waals surface area contributed by atoms with E-state index in [2.05, 4.69) is 64.8 Å². The number of H-pyrrole nitrogens is 2. The Balaban J connectivity index is 1.22. The lowest BCUT2D eigenvalue weighted by atomic mass is 10.1. The van der Waals surface area contributed by atoms with Gasteiger partial charge < -0.3 is 20.5 Å². The minimum atomic E-state index is -0.291. The Kier molecular flexibility index (Phi) is 5.76. The Labute approximate surface area is 191 Å². The Hall–Kier alpha value is -3.76. The van der Waals surface area contributed by atoms with Gasteiger partial charge in [0.15, 0.2) is 0 Å². The first kappa shape index (κ1) is 21.1. The predicted molar refractivity (Wildman–Crippen MR) is 128 cm³/mol. The summed E-state index contributed by atoms with van der Waals surface area (Å²) in [4.78, 5) is 29.6. The lowest BCUT2D eigenvalue weighted by Gasteiger charge is -2.32. The lowest BCUT2D eigenvalue weighted by molar-refractivity contribution is 0.102. The van der Waals surface area contributed by atoms with Crippen LogP contribution in [0.2, 0.25) is 0 Å². The summed E-state index contributed by atoms with van der Waals surface area (Å²) in [7, 11) is 2.16. The number of carbonyl (C=O) groups is 1. The van der Waals surface area contributed by atoms with Crippen molar-refractivity contribution in [2.45, 2.75) is 13.5 Å². The molecular formula is C23H27N9O. The maximum absolute atomic E-state index is 12.9. The molecule has 0 bridgehead atoms. The molecule has 1 aliphatic rings. The van der Waals surface area contributed by atoms with Gasteiger partial charge in [-0.3, -0.25) is 14.8 Å². The second-order valence-electron chi connectivity index (χ2n) is 8.46. The summed E-state index contributed by atoms with van der Waals surface area (Å²) in [5.74, 6) is 0.102. The minimum absolute atomic E-state index is 0.291. The number of hydrogen-bond acceptors (Lipinski definition) is 7. The highest BCUT2D eigenvalue weighted by Crippen LogP contribution is 2.20. The lowest BCUT2D eigenvalue weighted by Crippen LogP contribution is -2.43. The molecule has 10 nitrogen and oxygen atoms in total. The number of amides is 1. The second kappa shape index (κ2) is 9.00. The van der Waals surface area contributed by atoms with Gasteiger partial charge in [-0.25, -0.2) is 9.97 Å². The van der Waals surface area contributed by atoms with E-state index >= 15 is 0 Å². The Morgan fingerprint density at radius 2 is 1.91 bits per heavy atom. The number of carbonyl (C=O) groups excluding carboxylic acids is 1. The molecule has 0 atom stereocenters. The van der Waals surface area contributed by atoms with Crippen LogP contribution in [0.5, 0.6) is 0 Å². The summed E-state index contributed by atoms with van der Waals surface area (Å²) in [5.41, 5.74) is 5.44. The van der Waals surface area contributed by atoms with Crippen molar-refractivity contribution in [3.05, 3.63) is 59.7 Å². The molecule has 0 saturated carbocycles. The molecule has 0 radical (unpaired) electrons. The van der Waals surface area contributed by atoms with Gasteiger partial charge in [-0.1, -0.05) is 12.1 Å². The normalized spacial score (nSPS) is 15.1. The highest BCUT2D eigenvalue weighted by atomic mass is 16.2. The van der Waals surface area contributed by atoms with Crippen LogP contribution in [-0.2, 0) is 6.54 Å². The third-order valence-corrected chi connectivity index (χ3v) is 5.83. The van der Waals surface area contributed by atoms with Crippen LogP contribution < -0.4 is 10.6 Å². The Morgan fingerprint density at radius 3 is 2.70 bits per heavy atom. The number of hydrogen-bond donors (Lipinski definition) is 4. The van der Waals surface area contributed by atoms with Crippen molar-refractivity contribution in [3.8, 4) is 0 Å². The molecule has 4 aromatic rings. The summed E-state index contributed by atoms with van der Waals surface area (Å²) in [5, 5.41) is 12.8. The van der Waals surface area contributed by atoms with Gasteiger partial charge >= 0.3 is 0 Å². The Bertz CT molecular complexity index is 1250. The molecule has 0 spiro atoms. The number of fused-ring (bicyclic) bond motifs is 1. The van der Waals surface area contributed by atoms with Crippen molar-refractivity contribution in [2.75, 3.05) is 43.9 Å². The molecule has 1 saturated heterocycles. The molecule has 3 aromatic heterocycles. The molecule has 4 heterocycles. The standard InChI is InChI=1S/C23H27N9O/c1-15-11-18-19(26-15)12-24-23(28-18)29-20-13-25-30-21(20)22(33)27-17-5-3-16(4-6-17)14-32-9-7-31(2)8-10-32/h3-6,11-13,26H,7-10,14H2,1-2H3,(H,25,30)(H,27,33)(H,24,28,29). The van der Waals surface area contributed by atoms with Crippen molar-refractivity contribution in [3.63, 3.8) is 0 Å². The zero-order valence-electron chi connectivity index (χ0n) is 18.7. The number of piperazine rings is 1. The predicted octanol–water partition coefficient (Wildman–Crippen LogP) is 2.73. The highest BCUT2D eigenvalue weighted by Gasteiger charge is 2.17. The van der Waals surface area contributed by atoms with Gasteiger partial charge in [-0.2, -0.15) is 5.10 Å². The van der Waals surface area contributed by atoms with Crippen molar-refractivity contribution >= 4 is 34.3 Å². The topological polar surface area (TPSA) is 118 Å². The molecule has 0 unspecified atom stereocenters. The average Bonchev–Trinajstić information content (AvgIpc) is 3.42. The fraction of sp³-hybridized carbons (Fsp3) is 0.304. The van der Waals surface area contributed by atoms with Crippen LogP contribution >= 0.6 is 0 Å². The third-order valence-electron chi connectivity index (χ3n) is 5.83. The van der Waals surface area contributed by atoms with Crippen LogP contribution in [0.4, 0.5) is 17.3 Å². The van der Waals surface area contributed by atoms with Crippen LogP contribution in [0.25, 0.3) is 11.0 Å². The van der Waals surface area contributed by atoms with Gasteiger partial charge in [-0.05, 0) is 37.7 Å². The fourth-order valence-electron chi connectivity index (χ4n) is 3.94. The number of nitrogens with zero attached hydrogens (tertiary/aromatic N) is 5. The average molecular weight is 446 g/mol. The molecule has 0 aliphatic carbocycles. The van der Waals surface area contributed by atoms with E-state index in [1.165, 1.54) is 5.56 Å². The van der Waals surface area contributed by atoms with Gasteiger partial charge in [0.2, 0.25) is 5.95 Å². The fourth-order valence-corrected chi connectivity index (χ4v) is 3.94. The van der Waals surface area contributed by atoms with E-state index in [1.807, 2.05) is 25.1 Å². The number of aromatic nitrogens is 5. The zero-order valence-corrected chi connectivity index (χ0v) is 18.7. The molecule has 1 aromatic carbocycles. The summed E-state index contributed by atoms with van der Waals surface area (Å²) in [6, 6.07) is 9.92. The van der Waals surface area contributed by atoms with Gasteiger partial charge in [0.1, 0.15) is 5.69 Å². The van der Waals surface area contributed by atoms with E-state index < -0.39 is 0 Å². The summed E-state index contributed by atoms with van der Waals surface area (Å²) in [6.07, 6.45) is 3.26. The molecule has 1 amide bonds. The molecule has 1 fully saturated rings. The van der Waals surface area contributed by atoms with Crippen molar-refractivity contribution in [2.24, 2.45) is 0 Å². The van der Waals surface area contributed by atoms with Crippen molar-refractivity contribution in [1.29, 1.82) is 0 Å². The van der Waals surface area contributed by atoms with E-state index in [0.717, 1.165) is 55.1 Å². The Morgan fingerprint density at radius 1 is 1.12 bits per heavy atom. The smallest absolute Gasteiger partial charge is 0.275 e. The molecular weight excluding hydrogens is 418 g/mol. The number of benzene rings is 1. The summed E-state index contributed by atoms with van der Waals surface area (Å²) < 4.78 is 0. The maximum Gasteiger partial charge on any atom is 0.275 e. The molecule has 10 heteroatoms. The van der Waals surface area contributed by atoms with Crippen LogP contribution in [0.15, 0.2) is 42.7 Å². The van der Waals surface area contributed by atoms with Gasteiger partial charge in [0.05, 0.1) is 29.1 Å². The number of aromatic amines is 2. The minimum Gasteiger partial charge on any atom is -0.356 e. The second-order valence-corrected chi connectivity index (χ2v) is 8.46. The highest BCUT2D eigenvalue weighted by molar-refractivity contribution is 6.06. The number of rotatable bonds is 6. The van der Waals surface area contributed by atoms with Gasteiger partial charge in [0, 0.05) is 44.1 Å². The molecule has 170 valence electrons. The van der Waals surface area contributed by atoms with E-state index in [9.17, 15) is 4.79 Å². The molecule has 5 rings (SSSR count). The SMILES string of the molecule is Cc1cc2nc(Nc3cn[nH]c3C(=O)Nc3ccc(CN4CCN(C)CC4)cc3)ncc2[nH]1. The van der Waals surface area contributed by atoms with E-state index in [4.69, 9.17) is 0 Å². The van der Waals surface area contributed by atoms with E-state index in [1.54, 1.807) is 12.4 Å². The van der Waals surface area contributed by atoms with Crippen LogP contribution in [0.3, 0.4) is 0 Å². The van der Waals surface area contributed by atoms with E-state index in [-0.39, 0.29) is 5.91 Å². The number of likely N-dealkylation sites (N-methyl/N-ethyl adjacent to an activating group) is 1. The van der Waals surface area contributed by atoms with Crippen LogP contribution in [-0.4, -0.2) is 74.1 Å². The first-order chi connectivity index (χ1) is 16.0. The first-order valence-corrected chi connectivity index (χ1v) is 11.0. The molecule has 4 N–H and O–H groups in total.